The fourth-order valence-electron chi connectivity index (χ4n) is 3.78. The zero-order valence-electron chi connectivity index (χ0n) is 17.7. The molecule has 32 heavy (non-hydrogen) atoms. The zero-order chi connectivity index (χ0) is 23.0. The van der Waals surface area contributed by atoms with Gasteiger partial charge in [-0.15, -0.1) is 0 Å². The zero-order valence-corrected chi connectivity index (χ0v) is 18.4. The fraction of sp³-hybridized carbons (Fsp3) is 0.364. The number of halogens is 2. The number of aryl methyl sites for hydroxylation is 2. The standard InChI is InChI=1S/C22H22ClFN4O4/c1-12-20(23)13(2)28-21(25-12)16-10-27(11-17(16)26-28)22(31)15-7-6-14(24)9-18(15)32-8-4-3-5-19(29)30/h6-7,9H,3-5,8,10-11H2,1-2H3,(H,29,30). The molecule has 0 spiro atoms. The molecule has 3 heterocycles. The smallest absolute Gasteiger partial charge is 0.303 e. The Morgan fingerprint density at radius 2 is 2.03 bits per heavy atom. The lowest BCUT2D eigenvalue weighted by Gasteiger charge is -2.18. The molecule has 10 heteroatoms. The predicted octanol–water partition coefficient (Wildman–Crippen LogP) is 3.93. The topological polar surface area (TPSA) is 97.0 Å². The second-order valence-corrected chi connectivity index (χ2v) is 8.14. The number of amides is 1. The molecular formula is C22H22ClFN4O4. The number of aromatic nitrogens is 3. The third-order valence-electron chi connectivity index (χ3n) is 5.46. The molecule has 0 saturated carbocycles. The lowest BCUT2D eigenvalue weighted by Crippen LogP contribution is -2.26. The molecule has 1 N–H and O–H groups in total. The highest BCUT2D eigenvalue weighted by molar-refractivity contribution is 6.31. The van der Waals surface area contributed by atoms with Gasteiger partial charge in [-0.3, -0.25) is 9.59 Å². The largest absolute Gasteiger partial charge is 0.493 e. The van der Waals surface area contributed by atoms with Crippen LogP contribution in [0.2, 0.25) is 5.02 Å². The number of aliphatic carboxylic acids is 1. The molecule has 1 aliphatic heterocycles. The van der Waals surface area contributed by atoms with Gasteiger partial charge < -0.3 is 14.7 Å². The first-order valence-electron chi connectivity index (χ1n) is 10.2. The molecule has 8 nitrogen and oxygen atoms in total. The summed E-state index contributed by atoms with van der Waals surface area (Å²) in [5.74, 6) is -1.56. The molecule has 0 bridgehead atoms. The number of ether oxygens (including phenoxy) is 1. The van der Waals surface area contributed by atoms with Crippen LogP contribution in [-0.4, -0.2) is 43.1 Å². The minimum atomic E-state index is -0.881. The Bertz CT molecular complexity index is 1230. The monoisotopic (exact) mass is 460 g/mol. The summed E-state index contributed by atoms with van der Waals surface area (Å²) in [4.78, 5) is 30.0. The van der Waals surface area contributed by atoms with Crippen LogP contribution in [-0.2, 0) is 17.9 Å². The average Bonchev–Trinajstić information content (AvgIpc) is 3.30. The van der Waals surface area contributed by atoms with Gasteiger partial charge in [0.05, 0.1) is 47.4 Å². The number of fused-ring (bicyclic) bond motifs is 3. The van der Waals surface area contributed by atoms with E-state index in [2.05, 4.69) is 10.1 Å². The Morgan fingerprint density at radius 1 is 1.25 bits per heavy atom. The van der Waals surface area contributed by atoms with Gasteiger partial charge in [0, 0.05) is 18.1 Å². The highest BCUT2D eigenvalue weighted by atomic mass is 35.5. The van der Waals surface area contributed by atoms with Gasteiger partial charge in [-0.25, -0.2) is 13.9 Å². The van der Waals surface area contributed by atoms with Gasteiger partial charge >= 0.3 is 5.97 Å². The molecule has 0 unspecified atom stereocenters. The second-order valence-electron chi connectivity index (χ2n) is 7.76. The summed E-state index contributed by atoms with van der Waals surface area (Å²) < 4.78 is 21.1. The number of carbonyl (C=O) groups excluding carboxylic acids is 1. The van der Waals surface area contributed by atoms with Crippen LogP contribution in [0, 0.1) is 19.7 Å². The van der Waals surface area contributed by atoms with Crippen molar-refractivity contribution >= 4 is 29.1 Å². The van der Waals surface area contributed by atoms with Gasteiger partial charge in [-0.1, -0.05) is 11.6 Å². The number of nitrogens with zero attached hydrogens (tertiary/aromatic N) is 4. The van der Waals surface area contributed by atoms with Crippen molar-refractivity contribution in [1.29, 1.82) is 0 Å². The molecule has 0 radical (unpaired) electrons. The van der Waals surface area contributed by atoms with Crippen molar-refractivity contribution in [3.8, 4) is 5.75 Å². The fourth-order valence-corrected chi connectivity index (χ4v) is 3.90. The minimum absolute atomic E-state index is 0.0322. The van der Waals surface area contributed by atoms with E-state index in [-0.39, 0.29) is 30.2 Å². The van der Waals surface area contributed by atoms with E-state index in [0.717, 1.165) is 17.0 Å². The highest BCUT2D eigenvalue weighted by Crippen LogP contribution is 2.31. The van der Waals surface area contributed by atoms with E-state index in [1.165, 1.54) is 18.2 Å². The number of hydrogen-bond donors (Lipinski definition) is 1. The molecule has 4 rings (SSSR count). The first kappa shape index (κ1) is 22.0. The summed E-state index contributed by atoms with van der Waals surface area (Å²) in [6.45, 7) is 4.50. The van der Waals surface area contributed by atoms with Gasteiger partial charge in [0.1, 0.15) is 11.6 Å². The van der Waals surface area contributed by atoms with Gasteiger partial charge in [0.2, 0.25) is 0 Å². The summed E-state index contributed by atoms with van der Waals surface area (Å²) >= 11 is 6.28. The normalized spacial score (nSPS) is 12.9. The first-order valence-corrected chi connectivity index (χ1v) is 10.6. The summed E-state index contributed by atoms with van der Waals surface area (Å²) in [6, 6.07) is 3.79. The maximum Gasteiger partial charge on any atom is 0.303 e. The summed E-state index contributed by atoms with van der Waals surface area (Å²) in [7, 11) is 0. The number of unbranched alkanes of at least 4 members (excludes halogenated alkanes) is 1. The van der Waals surface area contributed by atoms with Crippen LogP contribution in [0.1, 0.15) is 52.3 Å². The van der Waals surface area contributed by atoms with Crippen LogP contribution in [0.15, 0.2) is 18.2 Å². The van der Waals surface area contributed by atoms with Crippen molar-refractivity contribution in [1.82, 2.24) is 19.5 Å². The number of carbonyl (C=O) groups is 2. The Hall–Kier alpha value is -3.20. The summed E-state index contributed by atoms with van der Waals surface area (Å²) in [5.41, 5.74) is 4.01. The quantitative estimate of drug-likeness (QED) is 0.536. The van der Waals surface area contributed by atoms with Crippen LogP contribution in [0.25, 0.3) is 5.65 Å². The summed E-state index contributed by atoms with van der Waals surface area (Å²) in [6.07, 6.45) is 0.950. The Balaban J connectivity index is 1.52. The maximum absolute atomic E-state index is 13.8. The van der Waals surface area contributed by atoms with Crippen molar-refractivity contribution in [3.05, 3.63) is 57.2 Å². The second kappa shape index (κ2) is 8.74. The predicted molar refractivity (Wildman–Crippen MR) is 114 cm³/mol. The molecule has 0 saturated heterocycles. The van der Waals surface area contributed by atoms with E-state index in [1.54, 1.807) is 9.42 Å². The van der Waals surface area contributed by atoms with Gasteiger partial charge in [0.15, 0.2) is 5.65 Å². The Morgan fingerprint density at radius 3 is 2.78 bits per heavy atom. The van der Waals surface area contributed by atoms with Crippen LogP contribution in [0.3, 0.4) is 0 Å². The van der Waals surface area contributed by atoms with Crippen LogP contribution < -0.4 is 4.74 Å². The molecule has 2 aromatic heterocycles. The van der Waals surface area contributed by atoms with Crippen molar-refractivity contribution in [2.45, 2.75) is 46.2 Å². The number of carboxylic acid groups (broad SMARTS) is 1. The molecule has 3 aromatic rings. The van der Waals surface area contributed by atoms with Crippen LogP contribution in [0.5, 0.6) is 5.75 Å². The molecule has 1 amide bonds. The van der Waals surface area contributed by atoms with Crippen LogP contribution in [0.4, 0.5) is 4.39 Å². The average molecular weight is 461 g/mol. The van der Waals surface area contributed by atoms with Crippen LogP contribution >= 0.6 is 11.6 Å². The highest BCUT2D eigenvalue weighted by Gasteiger charge is 2.31. The Labute approximate surface area is 188 Å². The van der Waals surface area contributed by atoms with Gasteiger partial charge in [-0.2, -0.15) is 5.10 Å². The van der Waals surface area contributed by atoms with Gasteiger partial charge in [-0.05, 0) is 38.8 Å². The lowest BCUT2D eigenvalue weighted by molar-refractivity contribution is -0.137. The van der Waals surface area contributed by atoms with E-state index < -0.39 is 11.8 Å². The number of benzene rings is 1. The summed E-state index contributed by atoms with van der Waals surface area (Å²) in [5, 5.41) is 13.8. The molecule has 1 aliphatic rings. The SMILES string of the molecule is Cc1nc2c3c(nn2c(C)c1Cl)CN(C(=O)c1ccc(F)cc1OCCCCC(=O)O)C3. The number of hydrogen-bond acceptors (Lipinski definition) is 5. The molecule has 1 aromatic carbocycles. The maximum atomic E-state index is 13.8. The molecule has 0 fully saturated rings. The van der Waals surface area contributed by atoms with Crippen molar-refractivity contribution in [2.24, 2.45) is 0 Å². The molecule has 0 aliphatic carbocycles. The number of rotatable bonds is 7. The van der Waals surface area contributed by atoms with E-state index in [4.69, 9.17) is 21.4 Å². The first-order chi connectivity index (χ1) is 15.3. The van der Waals surface area contributed by atoms with Crippen molar-refractivity contribution < 1.29 is 23.8 Å². The molecular weight excluding hydrogens is 439 g/mol. The third-order valence-corrected chi connectivity index (χ3v) is 6.01. The van der Waals surface area contributed by atoms with E-state index in [0.29, 0.717) is 42.3 Å². The Kier molecular flexibility index (Phi) is 6.01. The van der Waals surface area contributed by atoms with E-state index in [9.17, 15) is 14.0 Å². The lowest BCUT2D eigenvalue weighted by atomic mass is 10.1. The third kappa shape index (κ3) is 4.12. The van der Waals surface area contributed by atoms with Crippen molar-refractivity contribution in [2.75, 3.05) is 6.61 Å². The van der Waals surface area contributed by atoms with Gasteiger partial charge in [0.25, 0.3) is 5.91 Å². The van der Waals surface area contributed by atoms with E-state index in [1.807, 2.05) is 13.8 Å². The number of carboxylic acids is 1. The minimum Gasteiger partial charge on any atom is -0.493 e. The molecule has 0 atom stereocenters. The molecule has 168 valence electrons. The van der Waals surface area contributed by atoms with Crippen molar-refractivity contribution in [3.63, 3.8) is 0 Å². The van der Waals surface area contributed by atoms with E-state index >= 15 is 0 Å².